The van der Waals surface area contributed by atoms with Crippen LogP contribution in [0.15, 0.2) is 59.5 Å². The largest absolute Gasteiger partial charge is 0.280 e. The second kappa shape index (κ2) is 7.53. The van der Waals surface area contributed by atoms with Crippen molar-refractivity contribution in [2.24, 2.45) is 0 Å². The second-order valence-electron chi connectivity index (χ2n) is 5.40. The predicted octanol–water partition coefficient (Wildman–Crippen LogP) is 4.87. The summed E-state index contributed by atoms with van der Waals surface area (Å²) < 4.78 is 40.7. The molecule has 1 heterocycles. The van der Waals surface area contributed by atoms with Crippen LogP contribution in [-0.4, -0.2) is 13.4 Å². The molecule has 27 heavy (non-hydrogen) atoms. The van der Waals surface area contributed by atoms with Gasteiger partial charge in [0.1, 0.15) is 6.07 Å². The fourth-order valence-corrected chi connectivity index (χ4v) is 3.93. The molecule has 9 heteroatoms. The van der Waals surface area contributed by atoms with E-state index < -0.39 is 15.8 Å². The molecule has 0 aliphatic heterocycles. The first-order valence-corrected chi connectivity index (χ1v) is 9.69. The van der Waals surface area contributed by atoms with E-state index in [1.54, 1.807) is 12.1 Å². The summed E-state index contributed by atoms with van der Waals surface area (Å²) in [5.74, 6) is -0.733. The summed E-state index contributed by atoms with van der Waals surface area (Å²) in [6.45, 7) is 0. The van der Waals surface area contributed by atoms with Crippen LogP contribution in [0, 0.1) is 17.1 Å². The Morgan fingerprint density at radius 2 is 1.85 bits per heavy atom. The van der Waals surface area contributed by atoms with Crippen LogP contribution in [0.1, 0.15) is 5.69 Å². The van der Waals surface area contributed by atoms with Gasteiger partial charge < -0.3 is 0 Å². The van der Waals surface area contributed by atoms with E-state index in [-0.39, 0.29) is 21.3 Å². The summed E-state index contributed by atoms with van der Waals surface area (Å²) in [6, 6.07) is 14.4. The van der Waals surface area contributed by atoms with Gasteiger partial charge in [-0.25, -0.2) is 17.8 Å². The number of rotatable bonds is 4. The van der Waals surface area contributed by atoms with E-state index in [4.69, 9.17) is 28.5 Å². The number of benzene rings is 2. The van der Waals surface area contributed by atoms with Crippen molar-refractivity contribution in [2.75, 3.05) is 4.72 Å². The molecule has 0 aliphatic rings. The highest BCUT2D eigenvalue weighted by atomic mass is 35.5. The molecule has 1 aromatic heterocycles. The summed E-state index contributed by atoms with van der Waals surface area (Å²) in [4.78, 5) is 3.92. The number of pyridine rings is 1. The monoisotopic (exact) mass is 421 g/mol. The molecule has 0 radical (unpaired) electrons. The molecule has 0 saturated carbocycles. The molecule has 136 valence electrons. The summed E-state index contributed by atoms with van der Waals surface area (Å²) in [5.41, 5.74) is 0.599. The van der Waals surface area contributed by atoms with Crippen LogP contribution in [-0.2, 0) is 10.0 Å². The van der Waals surface area contributed by atoms with Crippen LogP contribution >= 0.6 is 23.2 Å². The first-order valence-electron chi connectivity index (χ1n) is 7.45. The molecule has 3 rings (SSSR count). The van der Waals surface area contributed by atoms with Gasteiger partial charge in [0, 0.05) is 10.6 Å². The molecular formula is C18H10Cl2FN3O2S. The Labute approximate surface area is 165 Å². The lowest BCUT2D eigenvalue weighted by Gasteiger charge is -2.11. The van der Waals surface area contributed by atoms with Crippen LogP contribution < -0.4 is 4.72 Å². The van der Waals surface area contributed by atoms with Crippen molar-refractivity contribution in [3.8, 4) is 17.3 Å². The Kier molecular flexibility index (Phi) is 5.33. The number of nitrogens with zero attached hydrogens (tertiary/aromatic N) is 2. The second-order valence-corrected chi connectivity index (χ2v) is 7.92. The summed E-state index contributed by atoms with van der Waals surface area (Å²) >= 11 is 12.1. The Bertz CT molecular complexity index is 1180. The molecule has 3 aromatic rings. The third kappa shape index (κ3) is 4.19. The Hall–Kier alpha value is -2.66. The predicted molar refractivity (Wildman–Crippen MR) is 102 cm³/mol. The quantitative estimate of drug-likeness (QED) is 0.651. The highest BCUT2D eigenvalue weighted by Crippen LogP contribution is 2.30. The number of aromatic nitrogens is 1. The SMILES string of the molecule is N#Cc1nc(-c2ccc(NS(=O)(=O)c3cccc(Cl)c3)cc2Cl)ccc1F. The minimum atomic E-state index is -3.85. The van der Waals surface area contributed by atoms with E-state index in [2.05, 4.69) is 9.71 Å². The van der Waals surface area contributed by atoms with Gasteiger partial charge in [0.25, 0.3) is 10.0 Å². The van der Waals surface area contributed by atoms with Gasteiger partial charge in [-0.15, -0.1) is 0 Å². The van der Waals surface area contributed by atoms with Gasteiger partial charge in [0.2, 0.25) is 0 Å². The highest BCUT2D eigenvalue weighted by Gasteiger charge is 2.16. The molecule has 0 spiro atoms. The average molecular weight is 422 g/mol. The zero-order chi connectivity index (χ0) is 19.6. The van der Waals surface area contributed by atoms with Gasteiger partial charge in [0.05, 0.1) is 21.3 Å². The van der Waals surface area contributed by atoms with Crippen molar-refractivity contribution in [1.82, 2.24) is 4.98 Å². The van der Waals surface area contributed by atoms with Crippen LogP contribution in [0.4, 0.5) is 10.1 Å². The number of sulfonamides is 1. The molecular weight excluding hydrogens is 412 g/mol. The number of hydrogen-bond donors (Lipinski definition) is 1. The standard InChI is InChI=1S/C18H10Cl2FN3O2S/c19-11-2-1-3-13(8-11)27(25,26)24-12-4-5-14(15(20)9-12)17-7-6-16(21)18(10-22)23-17/h1-9,24H. The molecule has 0 aliphatic carbocycles. The molecule has 0 atom stereocenters. The first kappa shape index (κ1) is 19.1. The fourth-order valence-electron chi connectivity index (χ4n) is 2.31. The Balaban J connectivity index is 1.93. The van der Waals surface area contributed by atoms with E-state index in [1.807, 2.05) is 0 Å². The summed E-state index contributed by atoms with van der Waals surface area (Å²) in [5, 5.41) is 9.36. The normalized spacial score (nSPS) is 11.0. The van der Waals surface area contributed by atoms with Crippen LogP contribution in [0.5, 0.6) is 0 Å². The Morgan fingerprint density at radius 3 is 2.52 bits per heavy atom. The Morgan fingerprint density at radius 1 is 1.07 bits per heavy atom. The van der Waals surface area contributed by atoms with Gasteiger partial charge in [-0.3, -0.25) is 4.72 Å². The van der Waals surface area contributed by atoms with Crippen LogP contribution in [0.2, 0.25) is 10.0 Å². The molecule has 0 unspecified atom stereocenters. The van der Waals surface area contributed by atoms with Gasteiger partial charge >= 0.3 is 0 Å². The number of nitriles is 1. The smallest absolute Gasteiger partial charge is 0.261 e. The van der Waals surface area contributed by atoms with Crippen molar-refractivity contribution >= 4 is 38.9 Å². The lowest BCUT2D eigenvalue weighted by Crippen LogP contribution is -2.12. The van der Waals surface area contributed by atoms with Gasteiger partial charge in [0.15, 0.2) is 11.5 Å². The third-order valence-corrected chi connectivity index (χ3v) is 5.48. The van der Waals surface area contributed by atoms with Crippen molar-refractivity contribution in [3.63, 3.8) is 0 Å². The maximum absolute atomic E-state index is 13.4. The lowest BCUT2D eigenvalue weighted by molar-refractivity contribution is 0.601. The van der Waals surface area contributed by atoms with E-state index in [0.717, 1.165) is 6.07 Å². The zero-order valence-corrected chi connectivity index (χ0v) is 15.8. The fraction of sp³-hybridized carbons (Fsp3) is 0. The minimum Gasteiger partial charge on any atom is -0.280 e. The average Bonchev–Trinajstić information content (AvgIpc) is 2.62. The maximum Gasteiger partial charge on any atom is 0.261 e. The van der Waals surface area contributed by atoms with Crippen molar-refractivity contribution in [3.05, 3.63) is 76.2 Å². The molecule has 0 fully saturated rings. The molecule has 0 amide bonds. The number of anilines is 1. The highest BCUT2D eigenvalue weighted by molar-refractivity contribution is 7.92. The molecule has 0 bridgehead atoms. The van der Waals surface area contributed by atoms with E-state index >= 15 is 0 Å². The maximum atomic E-state index is 13.4. The molecule has 1 N–H and O–H groups in total. The lowest BCUT2D eigenvalue weighted by atomic mass is 10.1. The van der Waals surface area contributed by atoms with E-state index in [0.29, 0.717) is 16.3 Å². The van der Waals surface area contributed by atoms with E-state index in [1.165, 1.54) is 42.5 Å². The first-order chi connectivity index (χ1) is 12.8. The summed E-state index contributed by atoms with van der Waals surface area (Å²) in [7, 11) is -3.85. The van der Waals surface area contributed by atoms with Gasteiger partial charge in [-0.2, -0.15) is 5.26 Å². The number of nitrogens with one attached hydrogen (secondary N) is 1. The third-order valence-electron chi connectivity index (χ3n) is 3.56. The molecule has 5 nitrogen and oxygen atoms in total. The van der Waals surface area contributed by atoms with E-state index in [9.17, 15) is 12.8 Å². The molecule has 2 aromatic carbocycles. The van der Waals surface area contributed by atoms with Crippen LogP contribution in [0.3, 0.4) is 0 Å². The van der Waals surface area contributed by atoms with Crippen molar-refractivity contribution in [2.45, 2.75) is 4.90 Å². The molecule has 0 saturated heterocycles. The zero-order valence-electron chi connectivity index (χ0n) is 13.4. The van der Waals surface area contributed by atoms with Gasteiger partial charge in [-0.05, 0) is 48.5 Å². The van der Waals surface area contributed by atoms with Crippen molar-refractivity contribution < 1.29 is 12.8 Å². The van der Waals surface area contributed by atoms with Crippen molar-refractivity contribution in [1.29, 1.82) is 5.26 Å². The topological polar surface area (TPSA) is 82.8 Å². The number of hydrogen-bond acceptors (Lipinski definition) is 4. The number of halogens is 3. The summed E-state index contributed by atoms with van der Waals surface area (Å²) in [6.07, 6.45) is 0. The minimum absolute atomic E-state index is 0.00839. The van der Waals surface area contributed by atoms with Crippen LogP contribution in [0.25, 0.3) is 11.3 Å². The van der Waals surface area contributed by atoms with Gasteiger partial charge in [-0.1, -0.05) is 29.3 Å².